The molecular formula is C74H74BN3OS. The summed E-state index contributed by atoms with van der Waals surface area (Å²) in [6.07, 6.45) is 0. The van der Waals surface area contributed by atoms with Gasteiger partial charge in [-0.05, 0) is 162 Å². The van der Waals surface area contributed by atoms with Gasteiger partial charge in [0.2, 0.25) is 0 Å². The van der Waals surface area contributed by atoms with E-state index >= 15 is 0 Å². The van der Waals surface area contributed by atoms with Crippen molar-refractivity contribution in [2.45, 2.75) is 131 Å². The molecule has 0 aliphatic carbocycles. The van der Waals surface area contributed by atoms with E-state index in [9.17, 15) is 0 Å². The number of hydrogen-bond acceptors (Lipinski definition) is 4. The summed E-state index contributed by atoms with van der Waals surface area (Å²) in [7, 11) is 0. The van der Waals surface area contributed by atoms with E-state index in [0.717, 1.165) is 45.4 Å². The Balaban J connectivity index is 1.10. The van der Waals surface area contributed by atoms with Gasteiger partial charge in [0.15, 0.2) is 0 Å². The van der Waals surface area contributed by atoms with Crippen molar-refractivity contribution in [2.24, 2.45) is 0 Å². The highest BCUT2D eigenvalue weighted by molar-refractivity contribution is 7.26. The third-order valence-corrected chi connectivity index (χ3v) is 18.4. The SMILES string of the molecule is CC(C)(C)c1ccc(N(c2ccc(C(C)(C)C)cc2)c2ccc3c(c2)Oc2cccc4c2B3c2cc(-n3c5ccc(C(C)(C)C)cc5c5cc(C(C)(C)C)ccc53)c3c(sc5ccccc53)c2N4c2ccc(C(C)(C)C)cc2)cc1. The van der Waals surface area contributed by atoms with E-state index in [1.165, 1.54) is 92.1 Å². The zero-order valence-corrected chi connectivity index (χ0v) is 50.3. The molecule has 0 bridgehead atoms. The molecule has 0 spiro atoms. The minimum atomic E-state index is -0.147. The van der Waals surface area contributed by atoms with Gasteiger partial charge in [-0.25, -0.2) is 0 Å². The van der Waals surface area contributed by atoms with E-state index in [-0.39, 0.29) is 33.8 Å². The number of ether oxygens (including phenoxy) is 1. The lowest BCUT2D eigenvalue weighted by Gasteiger charge is -2.41. The number of rotatable bonds is 5. The lowest BCUT2D eigenvalue weighted by atomic mass is 9.34. The van der Waals surface area contributed by atoms with Gasteiger partial charge in [-0.15, -0.1) is 11.3 Å². The zero-order chi connectivity index (χ0) is 56.2. The first-order valence-electron chi connectivity index (χ1n) is 28.8. The van der Waals surface area contributed by atoms with Gasteiger partial charge in [-0.3, -0.25) is 0 Å². The average Bonchev–Trinajstić information content (AvgIpc) is 2.03. The van der Waals surface area contributed by atoms with Crippen LogP contribution in [0.25, 0.3) is 47.7 Å². The topological polar surface area (TPSA) is 20.6 Å². The van der Waals surface area contributed by atoms with Crippen LogP contribution in [-0.2, 0) is 27.1 Å². The molecule has 0 amide bonds. The van der Waals surface area contributed by atoms with Crippen LogP contribution in [0.5, 0.6) is 11.5 Å². The van der Waals surface area contributed by atoms with Crippen molar-refractivity contribution in [1.82, 2.24) is 4.57 Å². The summed E-state index contributed by atoms with van der Waals surface area (Å²) >= 11 is 1.92. The first-order valence-corrected chi connectivity index (χ1v) is 29.6. The predicted molar refractivity (Wildman–Crippen MR) is 348 cm³/mol. The summed E-state index contributed by atoms with van der Waals surface area (Å²) in [6.45, 7) is 34.4. The van der Waals surface area contributed by atoms with Crippen molar-refractivity contribution in [3.05, 3.63) is 204 Å². The summed E-state index contributed by atoms with van der Waals surface area (Å²) in [5.41, 5.74) is 20.6. The molecule has 0 unspecified atom stereocenters. The quantitative estimate of drug-likeness (QED) is 0.160. The second-order valence-electron chi connectivity index (χ2n) is 27.9. The van der Waals surface area contributed by atoms with Crippen LogP contribution < -0.4 is 30.9 Å². The van der Waals surface area contributed by atoms with Crippen LogP contribution in [0.2, 0.25) is 0 Å². The zero-order valence-electron chi connectivity index (χ0n) is 49.5. The fourth-order valence-electron chi connectivity index (χ4n) is 12.6. The van der Waals surface area contributed by atoms with Gasteiger partial charge in [0.25, 0.3) is 6.71 Å². The third kappa shape index (κ3) is 8.46. The molecule has 4 heterocycles. The van der Waals surface area contributed by atoms with Gasteiger partial charge in [-0.2, -0.15) is 0 Å². The number of hydrogen-bond donors (Lipinski definition) is 0. The molecule has 9 aromatic carbocycles. The fraction of sp³-hybridized carbons (Fsp3) is 0.270. The Morgan fingerprint density at radius 3 is 1.45 bits per heavy atom. The lowest BCUT2D eigenvalue weighted by molar-refractivity contribution is 0.487. The van der Waals surface area contributed by atoms with Crippen LogP contribution in [0, 0.1) is 0 Å². The van der Waals surface area contributed by atoms with Gasteiger partial charge in [-0.1, -0.05) is 183 Å². The second kappa shape index (κ2) is 18.0. The van der Waals surface area contributed by atoms with E-state index < -0.39 is 0 Å². The molecule has 0 fully saturated rings. The molecule has 400 valence electrons. The number of anilines is 6. The number of benzene rings is 9. The van der Waals surface area contributed by atoms with Crippen LogP contribution in [0.3, 0.4) is 0 Å². The molecule has 80 heavy (non-hydrogen) atoms. The Morgan fingerprint density at radius 2 is 0.912 bits per heavy atom. The maximum atomic E-state index is 7.35. The smallest absolute Gasteiger partial charge is 0.256 e. The third-order valence-electron chi connectivity index (χ3n) is 17.2. The fourth-order valence-corrected chi connectivity index (χ4v) is 13.9. The molecule has 2 aliphatic heterocycles. The Labute approximate surface area is 478 Å². The Bertz CT molecular complexity index is 4150. The van der Waals surface area contributed by atoms with E-state index in [1.54, 1.807) is 0 Å². The van der Waals surface area contributed by atoms with Crippen LogP contribution >= 0.6 is 11.3 Å². The van der Waals surface area contributed by atoms with Crippen molar-refractivity contribution >= 4 is 111 Å². The molecule has 4 nitrogen and oxygen atoms in total. The summed E-state index contributed by atoms with van der Waals surface area (Å²) in [5, 5.41) is 5.11. The van der Waals surface area contributed by atoms with E-state index in [4.69, 9.17) is 4.74 Å². The van der Waals surface area contributed by atoms with Crippen molar-refractivity contribution in [3.63, 3.8) is 0 Å². The largest absolute Gasteiger partial charge is 0.458 e. The van der Waals surface area contributed by atoms with Gasteiger partial charge in [0.1, 0.15) is 11.5 Å². The van der Waals surface area contributed by atoms with Crippen molar-refractivity contribution in [2.75, 3.05) is 9.80 Å². The van der Waals surface area contributed by atoms with E-state index in [0.29, 0.717) is 0 Å². The van der Waals surface area contributed by atoms with E-state index in [2.05, 4.69) is 294 Å². The Hall–Kier alpha value is -7.54. The summed E-state index contributed by atoms with van der Waals surface area (Å²) in [6, 6.07) is 67.4. The summed E-state index contributed by atoms with van der Waals surface area (Å²) < 4.78 is 12.5. The maximum absolute atomic E-state index is 7.35. The van der Waals surface area contributed by atoms with Crippen molar-refractivity contribution in [1.29, 1.82) is 0 Å². The monoisotopic (exact) mass is 1060 g/mol. The lowest BCUT2D eigenvalue weighted by Crippen LogP contribution is -2.59. The van der Waals surface area contributed by atoms with Crippen LogP contribution in [-0.4, -0.2) is 11.3 Å². The number of aromatic nitrogens is 1. The predicted octanol–water partition coefficient (Wildman–Crippen LogP) is 19.5. The van der Waals surface area contributed by atoms with E-state index in [1.807, 2.05) is 11.3 Å². The molecule has 2 aromatic heterocycles. The second-order valence-corrected chi connectivity index (χ2v) is 29.0. The van der Waals surface area contributed by atoms with Gasteiger partial charge in [0.05, 0.1) is 27.1 Å². The highest BCUT2D eigenvalue weighted by Crippen LogP contribution is 2.51. The van der Waals surface area contributed by atoms with Crippen molar-refractivity contribution in [3.8, 4) is 17.2 Å². The van der Waals surface area contributed by atoms with Gasteiger partial charge < -0.3 is 19.1 Å². The molecule has 6 heteroatoms. The first-order chi connectivity index (χ1) is 37.8. The van der Waals surface area contributed by atoms with Gasteiger partial charge >= 0.3 is 0 Å². The minimum Gasteiger partial charge on any atom is -0.458 e. The molecule has 2 aliphatic rings. The molecule has 0 radical (unpaired) electrons. The average molecular weight is 1060 g/mol. The van der Waals surface area contributed by atoms with Gasteiger partial charge in [0, 0.05) is 60.7 Å². The molecule has 11 aromatic rings. The maximum Gasteiger partial charge on any atom is 0.256 e. The van der Waals surface area contributed by atoms with Crippen LogP contribution in [0.1, 0.15) is 132 Å². The Morgan fingerprint density at radius 1 is 0.412 bits per heavy atom. The Kier molecular flexibility index (Phi) is 11.7. The normalized spacial score (nSPS) is 13.7. The number of fused-ring (bicyclic) bond motifs is 11. The molecule has 0 saturated carbocycles. The van der Waals surface area contributed by atoms with Crippen LogP contribution in [0.15, 0.2) is 176 Å². The minimum absolute atomic E-state index is 0.00429. The highest BCUT2D eigenvalue weighted by Gasteiger charge is 2.44. The number of nitrogens with zero attached hydrogens (tertiary/aromatic N) is 3. The molecule has 0 saturated heterocycles. The molecule has 0 N–H and O–H groups in total. The molecule has 13 rings (SSSR count). The number of thiophene rings is 1. The molecule has 0 atom stereocenters. The first kappa shape index (κ1) is 51.9. The standard InChI is InChI=1S/C74H74BN3OS/c1-70(2,3)45-23-31-50(32-24-45)76(51-33-25-46(26-34-51)71(4,5)6)53-37-38-57-64(43-53)79-63-21-18-20-61-67(63)75(57)58-44-62(78-59-39-29-48(73(10,11)12)41-55(59)56-42-49(74(13,14)15)30-40-60(56)78)66-54-19-16-17-22-65(54)80-69(66)68(58)77(61)52-35-27-47(28-36-52)72(7,8)9/h16-44H,1-15H3. The van der Waals surface area contributed by atoms with Crippen LogP contribution in [0.4, 0.5) is 34.1 Å². The summed E-state index contributed by atoms with van der Waals surface area (Å²) in [4.78, 5) is 4.95. The highest BCUT2D eigenvalue weighted by atomic mass is 32.1. The summed E-state index contributed by atoms with van der Waals surface area (Å²) in [5.74, 6) is 1.75. The molecular weight excluding hydrogens is 990 g/mol. The van der Waals surface area contributed by atoms with Crippen molar-refractivity contribution < 1.29 is 4.74 Å².